The van der Waals surface area contributed by atoms with Gasteiger partial charge in [0.1, 0.15) is 11.6 Å². The SMILES string of the molecule is Cc1nn(C2CCC(=O)NC2=O)c(=O)c2ccc(N3CCN(CCCC(=O)OC(C)(C)C)CC3)cc12. The summed E-state index contributed by atoms with van der Waals surface area (Å²) in [6.45, 7) is 11.8. The molecule has 0 bridgehead atoms. The van der Waals surface area contributed by atoms with E-state index in [0.717, 1.165) is 50.2 Å². The molecule has 0 spiro atoms. The van der Waals surface area contributed by atoms with Gasteiger partial charge in [-0.3, -0.25) is 29.4 Å². The number of aryl methyl sites for hydroxylation is 1. The molecule has 2 saturated heterocycles. The van der Waals surface area contributed by atoms with Crippen molar-refractivity contribution in [3.8, 4) is 0 Å². The first-order valence-electron chi connectivity index (χ1n) is 12.6. The van der Waals surface area contributed by atoms with Crippen molar-refractivity contribution in [1.82, 2.24) is 20.0 Å². The van der Waals surface area contributed by atoms with Crippen molar-refractivity contribution in [1.29, 1.82) is 0 Å². The number of carbonyl (C=O) groups excluding carboxylic acids is 3. The predicted molar refractivity (Wildman–Crippen MR) is 136 cm³/mol. The maximum absolute atomic E-state index is 13.1. The van der Waals surface area contributed by atoms with E-state index in [9.17, 15) is 19.2 Å². The van der Waals surface area contributed by atoms with Crippen LogP contribution in [0.4, 0.5) is 5.69 Å². The lowest BCUT2D eigenvalue weighted by Crippen LogP contribution is -2.46. The zero-order chi connectivity index (χ0) is 26.0. The Kier molecular flexibility index (Phi) is 7.44. The normalized spacial score (nSPS) is 19.4. The molecule has 2 fully saturated rings. The molecule has 36 heavy (non-hydrogen) atoms. The number of nitrogens with one attached hydrogen (secondary N) is 1. The molecule has 2 aromatic rings. The molecule has 3 heterocycles. The van der Waals surface area contributed by atoms with Crippen molar-refractivity contribution in [2.24, 2.45) is 0 Å². The van der Waals surface area contributed by atoms with Crippen LogP contribution in [0.5, 0.6) is 0 Å². The van der Waals surface area contributed by atoms with E-state index in [1.54, 1.807) is 6.07 Å². The third kappa shape index (κ3) is 5.92. The average molecular weight is 498 g/mol. The van der Waals surface area contributed by atoms with E-state index in [0.29, 0.717) is 17.5 Å². The van der Waals surface area contributed by atoms with Gasteiger partial charge in [-0.15, -0.1) is 0 Å². The second kappa shape index (κ2) is 10.4. The summed E-state index contributed by atoms with van der Waals surface area (Å²) in [6, 6.07) is 4.96. The lowest BCUT2D eigenvalue weighted by atomic mass is 10.1. The summed E-state index contributed by atoms with van der Waals surface area (Å²) >= 11 is 0. The summed E-state index contributed by atoms with van der Waals surface area (Å²) in [5.74, 6) is -0.965. The second-order valence-corrected chi connectivity index (χ2v) is 10.6. The molecule has 0 saturated carbocycles. The number of ether oxygens (including phenoxy) is 1. The van der Waals surface area contributed by atoms with Gasteiger partial charge >= 0.3 is 5.97 Å². The van der Waals surface area contributed by atoms with Crippen LogP contribution in [0.3, 0.4) is 0 Å². The van der Waals surface area contributed by atoms with Gasteiger partial charge in [-0.25, -0.2) is 4.68 Å². The molecule has 10 heteroatoms. The largest absolute Gasteiger partial charge is 0.460 e. The first kappa shape index (κ1) is 25.8. The molecule has 2 amide bonds. The summed E-state index contributed by atoms with van der Waals surface area (Å²) in [5, 5.41) is 8.01. The summed E-state index contributed by atoms with van der Waals surface area (Å²) in [4.78, 5) is 53.5. The number of hydrogen-bond acceptors (Lipinski definition) is 8. The number of fused-ring (bicyclic) bond motifs is 1. The van der Waals surface area contributed by atoms with Crippen LogP contribution in [0.1, 0.15) is 58.2 Å². The fourth-order valence-electron chi connectivity index (χ4n) is 4.79. The van der Waals surface area contributed by atoms with Crippen LogP contribution in [-0.4, -0.2) is 70.8 Å². The van der Waals surface area contributed by atoms with E-state index in [1.165, 1.54) is 4.68 Å². The Morgan fingerprint density at radius 2 is 1.83 bits per heavy atom. The van der Waals surface area contributed by atoms with Gasteiger partial charge in [0.25, 0.3) is 11.5 Å². The van der Waals surface area contributed by atoms with E-state index in [1.807, 2.05) is 39.8 Å². The minimum atomic E-state index is -0.777. The highest BCUT2D eigenvalue weighted by atomic mass is 16.6. The fourth-order valence-corrected chi connectivity index (χ4v) is 4.79. The van der Waals surface area contributed by atoms with E-state index >= 15 is 0 Å². The molecule has 1 atom stereocenters. The number of aromatic nitrogens is 2. The summed E-state index contributed by atoms with van der Waals surface area (Å²) in [6.07, 6.45) is 1.65. The zero-order valence-corrected chi connectivity index (χ0v) is 21.5. The molecule has 1 aromatic carbocycles. The molecule has 0 radical (unpaired) electrons. The number of piperidine rings is 1. The Labute approximate surface area is 210 Å². The van der Waals surface area contributed by atoms with Crippen LogP contribution in [0.25, 0.3) is 10.8 Å². The number of piperazine rings is 1. The Morgan fingerprint density at radius 3 is 2.50 bits per heavy atom. The van der Waals surface area contributed by atoms with Gasteiger partial charge in [0.15, 0.2) is 0 Å². The van der Waals surface area contributed by atoms with Gasteiger partial charge in [0, 0.05) is 50.1 Å². The molecular formula is C26H35N5O5. The number of imide groups is 1. The molecule has 0 aliphatic carbocycles. The zero-order valence-electron chi connectivity index (χ0n) is 21.5. The highest BCUT2D eigenvalue weighted by molar-refractivity contribution is 5.99. The number of hydrogen-bond donors (Lipinski definition) is 1. The number of rotatable bonds is 6. The molecule has 2 aliphatic rings. The number of esters is 1. The minimum absolute atomic E-state index is 0.155. The molecular weight excluding hydrogens is 462 g/mol. The van der Waals surface area contributed by atoms with Gasteiger partial charge in [-0.05, 0) is 65.3 Å². The quantitative estimate of drug-likeness (QED) is 0.476. The second-order valence-electron chi connectivity index (χ2n) is 10.6. The fraction of sp³-hybridized carbons (Fsp3) is 0.577. The minimum Gasteiger partial charge on any atom is -0.460 e. The van der Waals surface area contributed by atoms with Gasteiger partial charge < -0.3 is 9.64 Å². The Balaban J connectivity index is 1.39. The van der Waals surface area contributed by atoms with Crippen LogP contribution in [0.2, 0.25) is 0 Å². The molecule has 2 aliphatic heterocycles. The molecule has 4 rings (SSSR count). The van der Waals surface area contributed by atoms with Gasteiger partial charge in [-0.1, -0.05) is 0 Å². The molecule has 10 nitrogen and oxygen atoms in total. The van der Waals surface area contributed by atoms with Crippen LogP contribution in [0.15, 0.2) is 23.0 Å². The van der Waals surface area contributed by atoms with E-state index < -0.39 is 17.6 Å². The maximum atomic E-state index is 13.1. The summed E-state index contributed by atoms with van der Waals surface area (Å²) in [7, 11) is 0. The lowest BCUT2D eigenvalue weighted by molar-refractivity contribution is -0.155. The van der Waals surface area contributed by atoms with Crippen molar-refractivity contribution in [3.63, 3.8) is 0 Å². The monoisotopic (exact) mass is 497 g/mol. The van der Waals surface area contributed by atoms with Crippen molar-refractivity contribution >= 4 is 34.2 Å². The smallest absolute Gasteiger partial charge is 0.306 e. The van der Waals surface area contributed by atoms with Crippen LogP contribution in [-0.2, 0) is 19.1 Å². The van der Waals surface area contributed by atoms with Crippen molar-refractivity contribution < 1.29 is 19.1 Å². The predicted octanol–water partition coefficient (Wildman–Crippen LogP) is 1.93. The number of amides is 2. The van der Waals surface area contributed by atoms with Crippen molar-refractivity contribution in [2.75, 3.05) is 37.6 Å². The number of benzene rings is 1. The molecule has 1 unspecified atom stereocenters. The standard InChI is InChI=1S/C26H35N5O5/c1-17-20-16-18(30-14-12-29(13-15-30)11-5-6-23(33)36-26(2,3)4)7-8-19(20)25(35)31(28-17)21-9-10-22(32)27-24(21)34/h7-8,16,21H,5-6,9-15H2,1-4H3,(H,27,32,34). The number of anilines is 1. The van der Waals surface area contributed by atoms with Gasteiger partial charge in [-0.2, -0.15) is 5.10 Å². The Hall–Kier alpha value is -3.27. The first-order chi connectivity index (χ1) is 17.0. The van der Waals surface area contributed by atoms with Crippen molar-refractivity contribution in [3.05, 3.63) is 34.2 Å². The first-order valence-corrected chi connectivity index (χ1v) is 12.6. The van der Waals surface area contributed by atoms with Crippen LogP contribution >= 0.6 is 0 Å². The third-order valence-corrected chi connectivity index (χ3v) is 6.61. The van der Waals surface area contributed by atoms with E-state index in [-0.39, 0.29) is 30.3 Å². The average Bonchev–Trinajstić information content (AvgIpc) is 2.81. The topological polar surface area (TPSA) is 114 Å². The summed E-state index contributed by atoms with van der Waals surface area (Å²) in [5.41, 5.74) is 0.913. The summed E-state index contributed by atoms with van der Waals surface area (Å²) < 4.78 is 6.60. The van der Waals surface area contributed by atoms with Crippen molar-refractivity contribution in [2.45, 2.75) is 65.0 Å². The Morgan fingerprint density at radius 1 is 1.11 bits per heavy atom. The number of nitrogens with zero attached hydrogens (tertiary/aromatic N) is 4. The van der Waals surface area contributed by atoms with Crippen LogP contribution in [0, 0.1) is 6.92 Å². The molecule has 1 N–H and O–H groups in total. The highest BCUT2D eigenvalue weighted by Gasteiger charge is 2.30. The third-order valence-electron chi connectivity index (χ3n) is 6.61. The van der Waals surface area contributed by atoms with Crippen LogP contribution < -0.4 is 15.8 Å². The number of carbonyl (C=O) groups is 3. The molecule has 1 aromatic heterocycles. The van der Waals surface area contributed by atoms with E-state index in [2.05, 4.69) is 20.2 Å². The Bertz CT molecular complexity index is 1220. The highest BCUT2D eigenvalue weighted by Crippen LogP contribution is 2.25. The van der Waals surface area contributed by atoms with E-state index in [4.69, 9.17) is 4.74 Å². The van der Waals surface area contributed by atoms with Gasteiger partial charge in [0.2, 0.25) is 5.91 Å². The lowest BCUT2D eigenvalue weighted by Gasteiger charge is -2.36. The maximum Gasteiger partial charge on any atom is 0.306 e. The van der Waals surface area contributed by atoms with Gasteiger partial charge in [0.05, 0.1) is 11.1 Å². The molecule has 194 valence electrons.